The second-order valence-corrected chi connectivity index (χ2v) is 6.48. The van der Waals surface area contributed by atoms with Gasteiger partial charge in [0.15, 0.2) is 0 Å². The van der Waals surface area contributed by atoms with E-state index < -0.39 is 0 Å². The molecule has 0 saturated carbocycles. The van der Waals surface area contributed by atoms with Crippen LogP contribution in [0.25, 0.3) is 0 Å². The first-order valence-corrected chi connectivity index (χ1v) is 8.96. The lowest BCUT2D eigenvalue weighted by Crippen LogP contribution is -1.75. The molecule has 3 rings (SSSR count). The van der Waals surface area contributed by atoms with Gasteiger partial charge in [0.25, 0.3) is 0 Å². The zero-order valence-electron chi connectivity index (χ0n) is 16.5. The van der Waals surface area contributed by atoms with E-state index in [1.54, 1.807) is 7.05 Å². The third-order valence-electron chi connectivity index (χ3n) is 4.16. The molecular formula is C22H22N6. The average Bonchev–Trinajstić information content (AvgIpc) is 2.68. The van der Waals surface area contributed by atoms with Crippen LogP contribution in [0.1, 0.15) is 16.7 Å². The fraction of sp³-hybridized carbons (Fsp3) is 0.182. The lowest BCUT2D eigenvalue weighted by Gasteiger charge is -2.02. The van der Waals surface area contributed by atoms with Crippen molar-refractivity contribution in [1.82, 2.24) is 0 Å². The van der Waals surface area contributed by atoms with Crippen LogP contribution in [0.15, 0.2) is 91.3 Å². The van der Waals surface area contributed by atoms with Gasteiger partial charge in [-0.3, -0.25) is 0 Å². The summed E-state index contributed by atoms with van der Waals surface area (Å²) in [5.74, 6) is 0. The van der Waals surface area contributed by atoms with Crippen molar-refractivity contribution in [3.05, 3.63) is 77.4 Å². The Hall–Kier alpha value is -3.54. The SMILES string of the molecule is CN=Nc1ccc(N=Nc2ccc(N=Nc3ccc(C)cc3)c(C)c2)c(C)c1. The molecule has 0 aliphatic heterocycles. The van der Waals surface area contributed by atoms with E-state index in [2.05, 4.69) is 30.7 Å². The number of rotatable bonds is 5. The molecule has 3 aromatic carbocycles. The van der Waals surface area contributed by atoms with Crippen LogP contribution in [0.2, 0.25) is 0 Å². The summed E-state index contributed by atoms with van der Waals surface area (Å²) < 4.78 is 0. The summed E-state index contributed by atoms with van der Waals surface area (Å²) in [5.41, 5.74) is 7.19. The van der Waals surface area contributed by atoms with E-state index in [0.717, 1.165) is 39.6 Å². The average molecular weight is 370 g/mol. The molecule has 0 aliphatic carbocycles. The van der Waals surface area contributed by atoms with Crippen LogP contribution in [0.3, 0.4) is 0 Å². The van der Waals surface area contributed by atoms with Gasteiger partial charge in [0.05, 0.1) is 28.4 Å². The fourth-order valence-electron chi connectivity index (χ4n) is 2.58. The van der Waals surface area contributed by atoms with Crippen LogP contribution in [0, 0.1) is 20.8 Å². The lowest BCUT2D eigenvalue weighted by molar-refractivity contribution is 1.15. The van der Waals surface area contributed by atoms with E-state index in [1.165, 1.54) is 5.56 Å². The Bertz CT molecular complexity index is 1050. The topological polar surface area (TPSA) is 74.2 Å². The second kappa shape index (κ2) is 8.90. The van der Waals surface area contributed by atoms with Gasteiger partial charge in [-0.05, 0) is 80.4 Å². The maximum atomic E-state index is 4.35. The van der Waals surface area contributed by atoms with E-state index in [9.17, 15) is 0 Å². The van der Waals surface area contributed by atoms with Crippen LogP contribution in [0.4, 0.5) is 28.4 Å². The summed E-state index contributed by atoms with van der Waals surface area (Å²) in [6.45, 7) is 6.01. The van der Waals surface area contributed by atoms with Gasteiger partial charge in [0.1, 0.15) is 0 Å². The first kappa shape index (κ1) is 19.2. The Morgan fingerprint density at radius 1 is 0.500 bits per heavy atom. The van der Waals surface area contributed by atoms with E-state index in [1.807, 2.05) is 81.4 Å². The number of benzene rings is 3. The molecule has 6 heteroatoms. The van der Waals surface area contributed by atoms with E-state index in [-0.39, 0.29) is 0 Å². The zero-order valence-corrected chi connectivity index (χ0v) is 16.5. The van der Waals surface area contributed by atoms with E-state index in [4.69, 9.17) is 0 Å². The molecule has 0 aliphatic rings. The molecule has 6 nitrogen and oxygen atoms in total. The van der Waals surface area contributed by atoms with Gasteiger partial charge in [-0.2, -0.15) is 30.7 Å². The second-order valence-electron chi connectivity index (χ2n) is 6.48. The summed E-state index contributed by atoms with van der Waals surface area (Å²) in [4.78, 5) is 0. The van der Waals surface area contributed by atoms with Crippen LogP contribution < -0.4 is 0 Å². The van der Waals surface area contributed by atoms with Crippen LogP contribution in [-0.2, 0) is 0 Å². The van der Waals surface area contributed by atoms with Crippen molar-refractivity contribution >= 4 is 28.4 Å². The van der Waals surface area contributed by atoms with Gasteiger partial charge in [-0.1, -0.05) is 17.7 Å². The standard InChI is InChI=1S/C22H22N6/c1-15-5-7-18(8-6-15)25-27-21-12-10-20(14-17(21)3)26-28-22-11-9-19(24-23-4)13-16(22)2/h5-14H,1-4H3. The molecule has 3 aromatic rings. The minimum atomic E-state index is 0.767. The Balaban J connectivity index is 1.75. The van der Waals surface area contributed by atoms with Gasteiger partial charge >= 0.3 is 0 Å². The summed E-state index contributed by atoms with van der Waals surface area (Å²) in [6.07, 6.45) is 0. The van der Waals surface area contributed by atoms with Crippen LogP contribution in [0.5, 0.6) is 0 Å². The van der Waals surface area contributed by atoms with Crippen molar-refractivity contribution in [3.8, 4) is 0 Å². The van der Waals surface area contributed by atoms with Crippen molar-refractivity contribution in [2.75, 3.05) is 7.05 Å². The highest BCUT2D eigenvalue weighted by atomic mass is 15.1. The summed E-state index contributed by atoms with van der Waals surface area (Å²) >= 11 is 0. The van der Waals surface area contributed by atoms with Crippen molar-refractivity contribution in [2.45, 2.75) is 20.8 Å². The van der Waals surface area contributed by atoms with E-state index in [0.29, 0.717) is 0 Å². The van der Waals surface area contributed by atoms with Crippen molar-refractivity contribution in [2.24, 2.45) is 30.7 Å². The number of nitrogens with zero attached hydrogens (tertiary/aromatic N) is 6. The molecule has 28 heavy (non-hydrogen) atoms. The van der Waals surface area contributed by atoms with Crippen LogP contribution >= 0.6 is 0 Å². The smallest absolute Gasteiger partial charge is 0.0887 e. The molecule has 0 radical (unpaired) electrons. The highest BCUT2D eigenvalue weighted by Gasteiger charge is 2.01. The fourth-order valence-corrected chi connectivity index (χ4v) is 2.58. The molecule has 0 bridgehead atoms. The number of azo groups is 3. The lowest BCUT2D eigenvalue weighted by atomic mass is 10.2. The van der Waals surface area contributed by atoms with Crippen molar-refractivity contribution in [1.29, 1.82) is 0 Å². The molecule has 0 fully saturated rings. The predicted molar refractivity (Wildman–Crippen MR) is 112 cm³/mol. The molecule has 0 aromatic heterocycles. The molecule has 0 unspecified atom stereocenters. The predicted octanol–water partition coefficient (Wildman–Crippen LogP) is 8.16. The maximum Gasteiger partial charge on any atom is 0.0887 e. The first-order chi connectivity index (χ1) is 13.5. The summed E-state index contributed by atoms with van der Waals surface area (Å²) in [6, 6.07) is 19.4. The molecule has 0 spiro atoms. The Kier molecular flexibility index (Phi) is 6.11. The molecule has 0 amide bonds. The Labute approximate surface area is 164 Å². The third-order valence-corrected chi connectivity index (χ3v) is 4.16. The first-order valence-electron chi connectivity index (χ1n) is 8.96. The normalized spacial score (nSPS) is 11.9. The minimum Gasteiger partial charge on any atom is -0.192 e. The number of hydrogen-bond acceptors (Lipinski definition) is 6. The minimum absolute atomic E-state index is 0.767. The highest BCUT2D eigenvalue weighted by molar-refractivity contribution is 5.56. The Morgan fingerprint density at radius 2 is 0.964 bits per heavy atom. The van der Waals surface area contributed by atoms with Gasteiger partial charge in [-0.25, -0.2) is 0 Å². The molecular weight excluding hydrogens is 348 g/mol. The zero-order chi connectivity index (χ0) is 19.9. The van der Waals surface area contributed by atoms with Gasteiger partial charge in [0, 0.05) is 7.05 Å². The number of hydrogen-bond donors (Lipinski definition) is 0. The van der Waals surface area contributed by atoms with Crippen molar-refractivity contribution in [3.63, 3.8) is 0 Å². The quantitative estimate of drug-likeness (QED) is 0.406. The molecule has 0 atom stereocenters. The molecule has 0 N–H and O–H groups in total. The number of aryl methyl sites for hydroxylation is 3. The maximum absolute atomic E-state index is 4.35. The van der Waals surface area contributed by atoms with E-state index >= 15 is 0 Å². The third kappa shape index (κ3) is 5.01. The summed E-state index contributed by atoms with van der Waals surface area (Å²) in [5, 5.41) is 25.1. The van der Waals surface area contributed by atoms with Gasteiger partial charge < -0.3 is 0 Å². The van der Waals surface area contributed by atoms with Crippen LogP contribution in [-0.4, -0.2) is 7.05 Å². The highest BCUT2D eigenvalue weighted by Crippen LogP contribution is 2.29. The van der Waals surface area contributed by atoms with Gasteiger partial charge in [0.2, 0.25) is 0 Å². The summed E-state index contributed by atoms with van der Waals surface area (Å²) in [7, 11) is 1.65. The molecule has 140 valence electrons. The monoisotopic (exact) mass is 370 g/mol. The molecule has 0 saturated heterocycles. The van der Waals surface area contributed by atoms with Gasteiger partial charge in [-0.15, -0.1) is 0 Å². The van der Waals surface area contributed by atoms with Crippen molar-refractivity contribution < 1.29 is 0 Å². The Morgan fingerprint density at radius 3 is 1.46 bits per heavy atom. The molecule has 0 heterocycles. The largest absolute Gasteiger partial charge is 0.192 e.